The summed E-state index contributed by atoms with van der Waals surface area (Å²) in [7, 11) is 9.92. The van der Waals surface area contributed by atoms with Crippen molar-refractivity contribution >= 4 is 65.0 Å². The molecular weight excluding hydrogens is 1090 g/mol. The Kier molecular flexibility index (Phi) is 31.5. The molecule has 486 valence electrons. The van der Waals surface area contributed by atoms with Crippen molar-refractivity contribution in [1.29, 1.82) is 0 Å². The molecule has 0 aromatic rings. The number of aliphatic hydroxyl groups excluding tert-OH is 1. The van der Waals surface area contributed by atoms with Gasteiger partial charge in [0.15, 0.2) is 0 Å². The van der Waals surface area contributed by atoms with Gasteiger partial charge in [-0.15, -0.1) is 0 Å². The summed E-state index contributed by atoms with van der Waals surface area (Å²) in [5, 5.41) is 23.1. The maximum absolute atomic E-state index is 15.1. The van der Waals surface area contributed by atoms with Crippen LogP contribution in [0.3, 0.4) is 0 Å². The number of nitrogens with zero attached hydrogens (tertiary/aromatic N) is 7. The van der Waals surface area contributed by atoms with E-state index in [0.717, 1.165) is 9.80 Å². The van der Waals surface area contributed by atoms with Gasteiger partial charge < -0.3 is 60.7 Å². The van der Waals surface area contributed by atoms with Crippen LogP contribution in [0.4, 0.5) is 0 Å². The molecule has 0 bridgehead atoms. The van der Waals surface area contributed by atoms with E-state index in [1.165, 1.54) is 87.7 Å². The molecular formula is C62H111N11O12. The molecule has 23 nitrogen and oxygen atoms in total. The summed E-state index contributed by atoms with van der Waals surface area (Å²) in [6.45, 7) is 29.3. The van der Waals surface area contributed by atoms with Crippen molar-refractivity contribution in [1.82, 2.24) is 55.6 Å². The molecule has 5 N–H and O–H groups in total. The van der Waals surface area contributed by atoms with Crippen LogP contribution in [0.25, 0.3) is 0 Å². The lowest BCUT2D eigenvalue weighted by Gasteiger charge is -2.41. The maximum atomic E-state index is 15.1. The first kappa shape index (κ1) is 76.9. The molecule has 5 unspecified atom stereocenters. The summed E-state index contributed by atoms with van der Waals surface area (Å²) in [6, 6.07) is -12.3. The molecule has 0 spiro atoms. The van der Waals surface area contributed by atoms with Crippen LogP contribution in [0.1, 0.15) is 156 Å². The zero-order valence-corrected chi connectivity index (χ0v) is 56.1. The number of nitrogens with one attached hydrogen (secondary N) is 4. The molecule has 12 atom stereocenters. The molecule has 85 heavy (non-hydrogen) atoms. The number of hydrogen-bond acceptors (Lipinski definition) is 12. The highest BCUT2D eigenvalue weighted by Crippen LogP contribution is 2.26. The van der Waals surface area contributed by atoms with Crippen molar-refractivity contribution < 1.29 is 57.8 Å². The predicted octanol–water partition coefficient (Wildman–Crippen LogP) is 3.27. The number of likely N-dealkylation sites (N-methyl/N-ethyl adjacent to an activating group) is 7. The molecule has 1 heterocycles. The van der Waals surface area contributed by atoms with Gasteiger partial charge in [-0.05, 0) is 101 Å². The number of amides is 11. The highest BCUT2D eigenvalue weighted by Gasteiger charge is 2.45. The summed E-state index contributed by atoms with van der Waals surface area (Å²) in [4.78, 5) is 169. The van der Waals surface area contributed by atoms with Gasteiger partial charge >= 0.3 is 0 Å². The SMILES string of the molecule is C/C=C/C[C@@H](C)C(O)[C@H]1C(=O)N[C@@H](CC)C(=O)N(C)CC(=O)N(C)[C@@H](CC(C)C)C(=O)NC(C(C)C)C(=O)N(C)[C@@H](CC(C)C)C(=O)N[C@@H](C)C(=O)NC(C)C(=O)N(C)[C@@H](CC(C)C)C(=O)N(C)C(CC(C)C)C(=O)N(C)C(C(C)C)C(=O)N1C. The zero-order valence-electron chi connectivity index (χ0n) is 56.1. The molecule has 1 aliphatic heterocycles. The lowest BCUT2D eigenvalue weighted by molar-refractivity contribution is -0.157. The van der Waals surface area contributed by atoms with E-state index in [1.807, 2.05) is 61.5 Å². The largest absolute Gasteiger partial charge is 0.390 e. The van der Waals surface area contributed by atoms with Crippen LogP contribution in [-0.2, 0) is 52.7 Å². The van der Waals surface area contributed by atoms with Gasteiger partial charge in [0.2, 0.25) is 65.0 Å². The Bertz CT molecular complexity index is 2330. The van der Waals surface area contributed by atoms with Crippen LogP contribution in [0, 0.1) is 41.4 Å². The van der Waals surface area contributed by atoms with Gasteiger partial charge in [-0.1, -0.05) is 109 Å². The molecule has 1 saturated heterocycles. The van der Waals surface area contributed by atoms with Crippen molar-refractivity contribution in [3.8, 4) is 0 Å². The lowest BCUT2D eigenvalue weighted by Crippen LogP contribution is -2.63. The Morgan fingerprint density at radius 1 is 0.459 bits per heavy atom. The number of aliphatic hydroxyl groups is 1. The minimum atomic E-state index is -1.61. The monoisotopic (exact) mass is 1200 g/mol. The van der Waals surface area contributed by atoms with Crippen LogP contribution in [0.5, 0.6) is 0 Å². The van der Waals surface area contributed by atoms with E-state index in [0.29, 0.717) is 6.42 Å². The van der Waals surface area contributed by atoms with E-state index in [2.05, 4.69) is 21.3 Å². The first-order chi connectivity index (χ1) is 39.2. The maximum Gasteiger partial charge on any atom is 0.246 e. The van der Waals surface area contributed by atoms with Crippen LogP contribution >= 0.6 is 0 Å². The molecule has 1 rings (SSSR count). The molecule has 0 aromatic heterocycles. The molecule has 0 aromatic carbocycles. The summed E-state index contributed by atoms with van der Waals surface area (Å²) < 4.78 is 0. The second-order valence-corrected chi connectivity index (χ2v) is 26.1. The molecule has 0 radical (unpaired) electrons. The van der Waals surface area contributed by atoms with Gasteiger partial charge in [-0.2, -0.15) is 0 Å². The van der Waals surface area contributed by atoms with E-state index in [1.54, 1.807) is 54.5 Å². The smallest absolute Gasteiger partial charge is 0.246 e. The van der Waals surface area contributed by atoms with Crippen molar-refractivity contribution in [3.05, 3.63) is 12.2 Å². The Labute approximate surface area is 508 Å². The molecule has 0 aliphatic carbocycles. The van der Waals surface area contributed by atoms with Crippen molar-refractivity contribution in [3.63, 3.8) is 0 Å². The van der Waals surface area contributed by atoms with Crippen LogP contribution in [0.2, 0.25) is 0 Å². The number of allylic oxidation sites excluding steroid dienone is 2. The molecule has 11 amide bonds. The van der Waals surface area contributed by atoms with Gasteiger partial charge in [0.1, 0.15) is 60.4 Å². The van der Waals surface area contributed by atoms with Gasteiger partial charge in [-0.3, -0.25) is 52.7 Å². The summed E-state index contributed by atoms with van der Waals surface area (Å²) in [5.41, 5.74) is 0. The van der Waals surface area contributed by atoms with E-state index >= 15 is 9.59 Å². The van der Waals surface area contributed by atoms with Crippen molar-refractivity contribution in [2.75, 3.05) is 55.9 Å². The van der Waals surface area contributed by atoms with Crippen LogP contribution in [0.15, 0.2) is 12.2 Å². The third kappa shape index (κ3) is 21.7. The minimum Gasteiger partial charge on any atom is -0.390 e. The van der Waals surface area contributed by atoms with Gasteiger partial charge in [0.25, 0.3) is 0 Å². The average Bonchev–Trinajstić information content (AvgIpc) is 3.62. The van der Waals surface area contributed by atoms with E-state index in [-0.39, 0.29) is 55.8 Å². The quantitative estimate of drug-likeness (QED) is 0.148. The Morgan fingerprint density at radius 3 is 1.32 bits per heavy atom. The van der Waals surface area contributed by atoms with Crippen LogP contribution < -0.4 is 21.3 Å². The number of carbonyl (C=O) groups is 11. The number of carbonyl (C=O) groups excluding carboxylic acids is 11. The second-order valence-electron chi connectivity index (χ2n) is 26.1. The topological polar surface area (TPSA) is 279 Å². The first-order valence-electron chi connectivity index (χ1n) is 30.6. The third-order valence-corrected chi connectivity index (χ3v) is 16.1. The van der Waals surface area contributed by atoms with Crippen molar-refractivity contribution in [2.24, 2.45) is 41.4 Å². The summed E-state index contributed by atoms with van der Waals surface area (Å²) in [5.74, 6) is -9.71. The molecule has 1 aliphatic rings. The first-order valence-corrected chi connectivity index (χ1v) is 30.6. The normalized spacial score (nSPS) is 26.9. The Balaban J connectivity index is 4.32. The van der Waals surface area contributed by atoms with E-state index < -0.39 is 156 Å². The Morgan fingerprint density at radius 2 is 0.871 bits per heavy atom. The van der Waals surface area contributed by atoms with Crippen LogP contribution in [-0.4, -0.2) is 227 Å². The molecule has 1 fully saturated rings. The second kappa shape index (κ2) is 34.9. The highest BCUT2D eigenvalue weighted by molar-refractivity contribution is 5.99. The fraction of sp³-hybridized carbons (Fsp3) is 0.790. The zero-order chi connectivity index (χ0) is 66.0. The van der Waals surface area contributed by atoms with Gasteiger partial charge in [0, 0.05) is 49.3 Å². The number of rotatable bonds is 15. The van der Waals surface area contributed by atoms with E-state index in [4.69, 9.17) is 0 Å². The Hall–Kier alpha value is -6.13. The molecule has 23 heteroatoms. The predicted molar refractivity (Wildman–Crippen MR) is 328 cm³/mol. The fourth-order valence-electron chi connectivity index (χ4n) is 10.7. The van der Waals surface area contributed by atoms with E-state index in [9.17, 15) is 48.3 Å². The molecule has 0 saturated carbocycles. The highest BCUT2D eigenvalue weighted by atomic mass is 16.3. The number of hydrogen-bond donors (Lipinski definition) is 5. The minimum absolute atomic E-state index is 0.0229. The third-order valence-electron chi connectivity index (χ3n) is 16.1. The van der Waals surface area contributed by atoms with Gasteiger partial charge in [0.05, 0.1) is 12.6 Å². The van der Waals surface area contributed by atoms with Gasteiger partial charge in [-0.25, -0.2) is 0 Å². The van der Waals surface area contributed by atoms with Crippen molar-refractivity contribution in [2.45, 2.75) is 223 Å². The standard InChI is InChI=1S/C62H111N11O12/c1-25-27-28-40(15)52(75)51-56(79)65-43(26-2)58(81)67(18)33-48(74)68(19)44(29-34(3)4)55(78)66-49(38(11)12)61(84)69(20)45(30-35(5)6)54(77)63-41(16)53(76)64-42(17)57(80)70(21)46(31-36(7)8)59(82)71(22)47(32-37(9)10)60(83)72(23)50(39(13)14)62(85)73(51)24/h25,27,34-47,49-52,75H,26,28-33H2,1-24H3,(H,63,77)(H,64,76)(H,65,79)(H,66,78)/b27-25+/t40-,41+,42?,43+,44+,45+,46+,47?,49?,50?,51+,52?/m1/s1. The fourth-order valence-corrected chi connectivity index (χ4v) is 10.7. The summed E-state index contributed by atoms with van der Waals surface area (Å²) in [6.07, 6.45) is 3.04. The average molecular weight is 1200 g/mol. The summed E-state index contributed by atoms with van der Waals surface area (Å²) >= 11 is 0. The lowest BCUT2D eigenvalue weighted by atomic mass is 9.91.